The molecule has 8 nitrogen and oxygen atoms in total. The number of hydrogen-bond acceptors (Lipinski definition) is 7. The fraction of sp³-hybridized carbons (Fsp3) is 0.333. The third kappa shape index (κ3) is 5.66. The number of aliphatic hydroxyl groups is 1. The van der Waals surface area contributed by atoms with Crippen LogP contribution in [-0.4, -0.2) is 69.5 Å². The van der Waals surface area contributed by atoms with Crippen molar-refractivity contribution in [3.05, 3.63) is 75.9 Å². The zero-order valence-electron chi connectivity index (χ0n) is 20.6. The van der Waals surface area contributed by atoms with Crippen LogP contribution >= 0.6 is 22.9 Å². The van der Waals surface area contributed by atoms with Gasteiger partial charge in [-0.1, -0.05) is 35.9 Å². The number of carbonyl (C=O) groups is 1. The third-order valence-corrected chi connectivity index (χ3v) is 8.17. The molecule has 3 N–H and O–H groups in total. The fourth-order valence-corrected chi connectivity index (χ4v) is 5.93. The Balaban J connectivity index is 1.39. The van der Waals surface area contributed by atoms with Gasteiger partial charge in [-0.3, -0.25) is 19.0 Å². The van der Waals surface area contributed by atoms with Gasteiger partial charge in [-0.15, -0.1) is 11.3 Å². The molecule has 1 atom stereocenters. The summed E-state index contributed by atoms with van der Waals surface area (Å²) < 4.78 is 8.23. The molecule has 0 saturated carbocycles. The number of rotatable bonds is 9. The first-order valence-electron chi connectivity index (χ1n) is 12.3. The number of thiophene rings is 1. The summed E-state index contributed by atoms with van der Waals surface area (Å²) in [6.07, 6.45) is 3.56. The number of carbonyl (C=O) groups excluding carboxylic acids is 1. The second kappa shape index (κ2) is 11.2. The van der Waals surface area contributed by atoms with E-state index in [9.17, 15) is 9.90 Å². The largest absolute Gasteiger partial charge is 0.484 e. The van der Waals surface area contributed by atoms with Gasteiger partial charge in [-0.2, -0.15) is 0 Å². The molecule has 0 bridgehead atoms. The van der Waals surface area contributed by atoms with Gasteiger partial charge in [0, 0.05) is 62.1 Å². The monoisotopic (exact) mass is 539 g/mol. The number of hydrogen-bond donors (Lipinski definition) is 2. The topological polar surface area (TPSA) is 96.3 Å². The number of aliphatic hydroxyl groups excluding tert-OH is 1. The van der Waals surface area contributed by atoms with Gasteiger partial charge < -0.3 is 15.6 Å². The van der Waals surface area contributed by atoms with Gasteiger partial charge in [0.2, 0.25) is 0 Å². The highest BCUT2D eigenvalue weighted by molar-refractivity contribution is 7.17. The number of fused-ring (bicyclic) bond motifs is 1. The highest BCUT2D eigenvalue weighted by atomic mass is 35.5. The molecule has 1 amide bonds. The van der Waals surface area contributed by atoms with Gasteiger partial charge in [0.25, 0.3) is 5.91 Å². The molecule has 1 saturated heterocycles. The number of primary amides is 1. The van der Waals surface area contributed by atoms with E-state index in [-0.39, 0.29) is 12.7 Å². The number of nitrogens with zero attached hydrogens (tertiary/aromatic N) is 4. The fourth-order valence-electron chi connectivity index (χ4n) is 4.69. The van der Waals surface area contributed by atoms with Crippen molar-refractivity contribution >= 4 is 34.5 Å². The van der Waals surface area contributed by atoms with Gasteiger partial charge in [0.05, 0.1) is 23.4 Å². The number of piperazine rings is 1. The molecule has 5 rings (SSSR count). The number of aromatic nitrogens is 2. The van der Waals surface area contributed by atoms with Crippen LogP contribution in [0, 0.1) is 0 Å². The van der Waals surface area contributed by atoms with Crippen LogP contribution < -0.4 is 10.5 Å². The molecule has 37 heavy (non-hydrogen) atoms. The van der Waals surface area contributed by atoms with Crippen LogP contribution in [-0.2, 0) is 6.54 Å². The Kier molecular flexibility index (Phi) is 7.78. The number of benzene rings is 1. The van der Waals surface area contributed by atoms with E-state index in [4.69, 9.17) is 22.1 Å². The number of halogens is 1. The smallest absolute Gasteiger partial charge is 0.262 e. The summed E-state index contributed by atoms with van der Waals surface area (Å²) in [5.74, 6) is -0.0979. The van der Waals surface area contributed by atoms with Crippen LogP contribution in [0.5, 0.6) is 5.75 Å². The minimum absolute atomic E-state index is 0.200. The van der Waals surface area contributed by atoms with Crippen molar-refractivity contribution in [1.82, 2.24) is 19.2 Å². The summed E-state index contributed by atoms with van der Waals surface area (Å²) >= 11 is 7.65. The Morgan fingerprint density at radius 1 is 1.19 bits per heavy atom. The minimum Gasteiger partial charge on any atom is -0.484 e. The van der Waals surface area contributed by atoms with Crippen molar-refractivity contribution in [2.45, 2.75) is 19.6 Å². The molecular formula is C27H30ClN5O3S. The standard InChI is InChI=1S/C27H30ClN5O3S/c1-18(20-4-2-3-5-21(20)28)36-23-14-24(37-26(23)27(29)35)22-15-30-25-7-6-19(17-33(22)25)16-32-10-8-31(9-11-32)12-13-34/h2-7,14-15,17-18,34H,8-13,16H2,1H3,(H2,29,35). The van der Waals surface area contributed by atoms with Crippen LogP contribution in [0.4, 0.5) is 0 Å². The van der Waals surface area contributed by atoms with Gasteiger partial charge in [-0.25, -0.2) is 4.98 Å². The highest BCUT2D eigenvalue weighted by Crippen LogP contribution is 2.39. The zero-order valence-corrected chi connectivity index (χ0v) is 22.2. The molecular weight excluding hydrogens is 510 g/mol. The zero-order chi connectivity index (χ0) is 25.9. The second-order valence-electron chi connectivity index (χ2n) is 9.20. The van der Waals surface area contributed by atoms with Crippen LogP contribution in [0.25, 0.3) is 16.2 Å². The van der Waals surface area contributed by atoms with Crippen LogP contribution in [0.1, 0.15) is 33.8 Å². The lowest BCUT2D eigenvalue weighted by Gasteiger charge is -2.34. The first-order chi connectivity index (χ1) is 17.9. The maximum Gasteiger partial charge on any atom is 0.262 e. The van der Waals surface area contributed by atoms with Crippen molar-refractivity contribution in [3.8, 4) is 16.3 Å². The predicted molar refractivity (Wildman–Crippen MR) is 146 cm³/mol. The lowest BCUT2D eigenvalue weighted by molar-refractivity contribution is 0.0998. The number of ether oxygens (including phenoxy) is 1. The summed E-state index contributed by atoms with van der Waals surface area (Å²) in [5.41, 5.74) is 9.43. The molecule has 194 valence electrons. The van der Waals surface area contributed by atoms with Gasteiger partial charge in [0.15, 0.2) is 0 Å². The van der Waals surface area contributed by atoms with Gasteiger partial charge >= 0.3 is 0 Å². The van der Waals surface area contributed by atoms with Crippen molar-refractivity contribution in [3.63, 3.8) is 0 Å². The van der Waals surface area contributed by atoms with E-state index in [2.05, 4.69) is 31.4 Å². The first-order valence-corrected chi connectivity index (χ1v) is 13.5. The van der Waals surface area contributed by atoms with E-state index in [1.807, 2.05) is 49.5 Å². The molecule has 0 radical (unpaired) electrons. The number of pyridine rings is 1. The normalized spacial score (nSPS) is 15.8. The summed E-state index contributed by atoms with van der Waals surface area (Å²) in [7, 11) is 0. The number of β-amino-alcohol motifs (C(OH)–C–C–N with tert-alkyl or cyclic N) is 1. The lowest BCUT2D eigenvalue weighted by Crippen LogP contribution is -2.46. The Morgan fingerprint density at radius 3 is 2.68 bits per heavy atom. The SMILES string of the molecule is CC(Oc1cc(-c2cnc3ccc(CN4CCN(CCO)CC4)cn23)sc1C(N)=O)c1ccccc1Cl. The van der Waals surface area contributed by atoms with E-state index < -0.39 is 5.91 Å². The van der Waals surface area contributed by atoms with Crippen LogP contribution in [0.15, 0.2) is 54.9 Å². The molecule has 1 fully saturated rings. The molecule has 1 aliphatic rings. The molecule has 3 aromatic heterocycles. The summed E-state index contributed by atoms with van der Waals surface area (Å²) in [6.45, 7) is 7.51. The highest BCUT2D eigenvalue weighted by Gasteiger charge is 2.22. The number of imidazole rings is 1. The van der Waals surface area contributed by atoms with E-state index in [1.165, 1.54) is 16.9 Å². The maximum absolute atomic E-state index is 12.3. The van der Waals surface area contributed by atoms with E-state index in [0.29, 0.717) is 15.6 Å². The molecule has 0 spiro atoms. The van der Waals surface area contributed by atoms with Crippen molar-refractivity contribution in [2.24, 2.45) is 5.73 Å². The third-order valence-electron chi connectivity index (χ3n) is 6.68. The van der Waals surface area contributed by atoms with Gasteiger partial charge in [-0.05, 0) is 24.6 Å². The average molecular weight is 540 g/mol. The quantitative estimate of drug-likeness (QED) is 0.333. The summed E-state index contributed by atoms with van der Waals surface area (Å²) in [4.78, 5) is 22.8. The molecule has 0 aliphatic carbocycles. The molecule has 1 aromatic carbocycles. The average Bonchev–Trinajstić information content (AvgIpc) is 3.49. The Hall–Kier alpha value is -2.95. The van der Waals surface area contributed by atoms with Crippen molar-refractivity contribution < 1.29 is 14.6 Å². The first kappa shape index (κ1) is 25.7. The Labute approximate surface area is 224 Å². The Morgan fingerprint density at radius 2 is 1.95 bits per heavy atom. The molecule has 10 heteroatoms. The molecule has 1 aliphatic heterocycles. The van der Waals surface area contributed by atoms with Crippen molar-refractivity contribution in [2.75, 3.05) is 39.3 Å². The summed E-state index contributed by atoms with van der Waals surface area (Å²) in [5, 5.41) is 9.78. The van der Waals surface area contributed by atoms with Crippen molar-refractivity contribution in [1.29, 1.82) is 0 Å². The van der Waals surface area contributed by atoms with E-state index >= 15 is 0 Å². The molecule has 4 heterocycles. The Bertz CT molecular complexity index is 1400. The van der Waals surface area contributed by atoms with E-state index in [1.54, 1.807) is 0 Å². The minimum atomic E-state index is -0.535. The maximum atomic E-state index is 12.3. The lowest BCUT2D eigenvalue weighted by atomic mass is 10.1. The second-order valence-corrected chi connectivity index (χ2v) is 10.7. The molecule has 1 unspecified atom stereocenters. The number of nitrogens with two attached hydrogens (primary N) is 1. The summed E-state index contributed by atoms with van der Waals surface area (Å²) in [6, 6.07) is 13.5. The van der Waals surface area contributed by atoms with E-state index in [0.717, 1.165) is 61.1 Å². The van der Waals surface area contributed by atoms with Crippen LogP contribution in [0.2, 0.25) is 5.02 Å². The van der Waals surface area contributed by atoms with Gasteiger partial charge in [0.1, 0.15) is 22.4 Å². The van der Waals surface area contributed by atoms with Crippen LogP contribution in [0.3, 0.4) is 0 Å². The predicted octanol–water partition coefficient (Wildman–Crippen LogP) is 4.07. The number of amides is 1. The molecule has 4 aromatic rings.